The predicted molar refractivity (Wildman–Crippen MR) is 91.6 cm³/mol. The quantitative estimate of drug-likeness (QED) is 0.815. The molecule has 6 nitrogen and oxygen atoms in total. The highest BCUT2D eigenvalue weighted by atomic mass is 35.5. The van der Waals surface area contributed by atoms with Crippen molar-refractivity contribution in [1.82, 2.24) is 4.98 Å². The highest BCUT2D eigenvalue weighted by Gasteiger charge is 2.37. The van der Waals surface area contributed by atoms with Gasteiger partial charge in [-0.3, -0.25) is 14.5 Å². The van der Waals surface area contributed by atoms with Crippen LogP contribution in [0.2, 0.25) is 10.0 Å². The number of rotatable bonds is 4. The van der Waals surface area contributed by atoms with Gasteiger partial charge in [0.15, 0.2) is 0 Å². The Morgan fingerprint density at radius 3 is 2.67 bits per heavy atom. The number of aliphatic hydroxyl groups excluding tert-OH is 1. The van der Waals surface area contributed by atoms with Crippen LogP contribution in [-0.2, 0) is 4.79 Å². The molecule has 1 aromatic heterocycles. The fraction of sp³-hybridized carbons (Fsp3) is 0.188. The molecule has 2 aromatic rings. The Labute approximate surface area is 148 Å². The fourth-order valence-corrected chi connectivity index (χ4v) is 2.96. The van der Waals surface area contributed by atoms with Crippen LogP contribution in [0.1, 0.15) is 10.4 Å². The normalized spacial score (nSPS) is 16.7. The molecule has 1 aliphatic heterocycles. The van der Waals surface area contributed by atoms with Gasteiger partial charge in [-0.05, 0) is 18.2 Å². The van der Waals surface area contributed by atoms with Crippen molar-refractivity contribution in [3.8, 4) is 0 Å². The fourth-order valence-electron chi connectivity index (χ4n) is 2.39. The van der Waals surface area contributed by atoms with Crippen LogP contribution < -0.4 is 10.2 Å². The third-order valence-corrected chi connectivity index (χ3v) is 4.34. The molecule has 0 bridgehead atoms. The number of carbonyl (C=O) groups is 2. The summed E-state index contributed by atoms with van der Waals surface area (Å²) < 4.78 is 0. The minimum absolute atomic E-state index is 0.180. The van der Waals surface area contributed by atoms with Crippen molar-refractivity contribution < 1.29 is 14.7 Å². The average Bonchev–Trinajstić information content (AvgIpc) is 2.54. The lowest BCUT2D eigenvalue weighted by Gasteiger charge is -2.36. The lowest BCUT2D eigenvalue weighted by molar-refractivity contribution is -0.128. The molecule has 8 heteroatoms. The van der Waals surface area contributed by atoms with Crippen molar-refractivity contribution in [1.29, 1.82) is 0 Å². The molecule has 1 fully saturated rings. The number of anilines is 2. The molecular weight excluding hydrogens is 353 g/mol. The van der Waals surface area contributed by atoms with E-state index in [-0.39, 0.29) is 34.0 Å². The summed E-state index contributed by atoms with van der Waals surface area (Å²) in [5.74, 6) is -0.617. The first kappa shape index (κ1) is 16.7. The van der Waals surface area contributed by atoms with Crippen LogP contribution in [-0.4, -0.2) is 35.1 Å². The molecule has 1 aromatic carbocycles. The summed E-state index contributed by atoms with van der Waals surface area (Å²) in [7, 11) is 0. The van der Waals surface area contributed by atoms with Crippen LogP contribution in [0.3, 0.4) is 0 Å². The zero-order chi connectivity index (χ0) is 17.3. The SMILES string of the molecule is O=C(Nc1ccnc(N2CC(CO)C2=O)c1)c1c(Cl)cccc1Cl. The number of carbonyl (C=O) groups excluding carboxylic acids is 2. The first-order chi connectivity index (χ1) is 11.5. The summed E-state index contributed by atoms with van der Waals surface area (Å²) >= 11 is 12.0. The predicted octanol–water partition coefficient (Wildman–Crippen LogP) is 2.60. The summed E-state index contributed by atoms with van der Waals surface area (Å²) in [5.41, 5.74) is 0.640. The van der Waals surface area contributed by atoms with Crippen molar-refractivity contribution >= 4 is 46.5 Å². The first-order valence-electron chi connectivity index (χ1n) is 7.15. The Morgan fingerprint density at radius 2 is 2.04 bits per heavy atom. The van der Waals surface area contributed by atoms with Crippen molar-refractivity contribution in [3.05, 3.63) is 52.1 Å². The number of aromatic nitrogens is 1. The Kier molecular flexibility index (Phi) is 4.71. The van der Waals surface area contributed by atoms with E-state index >= 15 is 0 Å². The van der Waals surface area contributed by atoms with Crippen molar-refractivity contribution in [2.45, 2.75) is 0 Å². The van der Waals surface area contributed by atoms with Gasteiger partial charge >= 0.3 is 0 Å². The standard InChI is InChI=1S/C16H13Cl2N3O3/c17-11-2-1-3-12(18)14(11)15(23)20-10-4-5-19-13(6-10)21-7-9(8-22)16(21)24/h1-6,9,22H,7-8H2,(H,19,20,23). The number of aliphatic hydroxyl groups is 1. The van der Waals surface area contributed by atoms with Crippen LogP contribution >= 0.6 is 23.2 Å². The maximum absolute atomic E-state index is 12.4. The lowest BCUT2D eigenvalue weighted by atomic mass is 10.00. The van der Waals surface area contributed by atoms with E-state index in [1.54, 1.807) is 30.3 Å². The molecule has 2 N–H and O–H groups in total. The van der Waals surface area contributed by atoms with E-state index in [1.807, 2.05) is 0 Å². The molecule has 124 valence electrons. The Hall–Kier alpha value is -2.15. The Balaban J connectivity index is 1.78. The number of amides is 2. The maximum Gasteiger partial charge on any atom is 0.258 e. The van der Waals surface area contributed by atoms with Gasteiger partial charge in [-0.15, -0.1) is 0 Å². The van der Waals surface area contributed by atoms with E-state index in [2.05, 4.69) is 10.3 Å². The molecule has 1 atom stereocenters. The molecule has 0 saturated carbocycles. The third kappa shape index (κ3) is 3.08. The minimum Gasteiger partial charge on any atom is -0.395 e. The summed E-state index contributed by atoms with van der Waals surface area (Å²) in [6.07, 6.45) is 1.48. The van der Waals surface area contributed by atoms with Crippen LogP contribution in [0.15, 0.2) is 36.5 Å². The molecule has 2 amide bonds. The molecule has 0 spiro atoms. The van der Waals surface area contributed by atoms with Crippen LogP contribution in [0.5, 0.6) is 0 Å². The second-order valence-corrected chi connectivity index (χ2v) is 6.10. The van der Waals surface area contributed by atoms with E-state index in [9.17, 15) is 9.59 Å². The highest BCUT2D eigenvalue weighted by Crippen LogP contribution is 2.28. The molecule has 24 heavy (non-hydrogen) atoms. The number of halogens is 2. The van der Waals surface area contributed by atoms with Gasteiger partial charge in [0.2, 0.25) is 5.91 Å². The smallest absolute Gasteiger partial charge is 0.258 e. The van der Waals surface area contributed by atoms with Crippen molar-refractivity contribution in [2.24, 2.45) is 5.92 Å². The van der Waals surface area contributed by atoms with Gasteiger partial charge in [-0.1, -0.05) is 29.3 Å². The second kappa shape index (κ2) is 6.76. The van der Waals surface area contributed by atoms with E-state index in [1.165, 1.54) is 11.1 Å². The zero-order valence-electron chi connectivity index (χ0n) is 12.4. The van der Waals surface area contributed by atoms with Crippen molar-refractivity contribution in [2.75, 3.05) is 23.4 Å². The van der Waals surface area contributed by atoms with Crippen LogP contribution in [0.25, 0.3) is 0 Å². The number of nitrogens with one attached hydrogen (secondary N) is 1. The van der Waals surface area contributed by atoms with Gasteiger partial charge < -0.3 is 10.4 Å². The molecule has 1 unspecified atom stereocenters. The van der Waals surface area contributed by atoms with Gasteiger partial charge in [0, 0.05) is 24.5 Å². The third-order valence-electron chi connectivity index (χ3n) is 3.71. The number of hydrogen-bond acceptors (Lipinski definition) is 4. The van der Waals surface area contributed by atoms with E-state index in [0.717, 1.165) is 0 Å². The van der Waals surface area contributed by atoms with Crippen LogP contribution in [0.4, 0.5) is 11.5 Å². The molecule has 3 rings (SSSR count). The number of nitrogens with zero attached hydrogens (tertiary/aromatic N) is 2. The van der Waals surface area contributed by atoms with Gasteiger partial charge in [0.1, 0.15) is 5.82 Å². The molecule has 0 aliphatic carbocycles. The number of pyridine rings is 1. The minimum atomic E-state index is -0.453. The molecule has 0 radical (unpaired) electrons. The Morgan fingerprint density at radius 1 is 1.33 bits per heavy atom. The van der Waals surface area contributed by atoms with Gasteiger partial charge in [-0.25, -0.2) is 4.98 Å². The van der Waals surface area contributed by atoms with Gasteiger partial charge in [0.05, 0.1) is 28.1 Å². The average molecular weight is 366 g/mol. The second-order valence-electron chi connectivity index (χ2n) is 5.28. The van der Waals surface area contributed by atoms with E-state index in [0.29, 0.717) is 18.1 Å². The highest BCUT2D eigenvalue weighted by molar-refractivity contribution is 6.40. The summed E-state index contributed by atoms with van der Waals surface area (Å²) in [4.78, 5) is 29.8. The summed E-state index contributed by atoms with van der Waals surface area (Å²) in [5, 5.41) is 12.2. The Bertz CT molecular complexity index is 793. The van der Waals surface area contributed by atoms with Gasteiger partial charge in [-0.2, -0.15) is 0 Å². The maximum atomic E-state index is 12.4. The monoisotopic (exact) mass is 365 g/mol. The summed E-state index contributed by atoms with van der Waals surface area (Å²) in [6, 6.07) is 7.98. The zero-order valence-corrected chi connectivity index (χ0v) is 13.9. The van der Waals surface area contributed by atoms with E-state index in [4.69, 9.17) is 28.3 Å². The van der Waals surface area contributed by atoms with Crippen LogP contribution in [0, 0.1) is 5.92 Å². The number of hydrogen-bond donors (Lipinski definition) is 2. The topological polar surface area (TPSA) is 82.5 Å². The van der Waals surface area contributed by atoms with Crippen molar-refractivity contribution in [3.63, 3.8) is 0 Å². The molecule has 1 saturated heterocycles. The molecule has 1 aliphatic rings. The summed E-state index contributed by atoms with van der Waals surface area (Å²) in [6.45, 7) is 0.215. The lowest BCUT2D eigenvalue weighted by Crippen LogP contribution is -2.54. The number of benzene rings is 1. The molecular formula is C16H13Cl2N3O3. The van der Waals surface area contributed by atoms with Gasteiger partial charge in [0.25, 0.3) is 5.91 Å². The largest absolute Gasteiger partial charge is 0.395 e. The van der Waals surface area contributed by atoms with E-state index < -0.39 is 5.91 Å². The molecule has 2 heterocycles. The first-order valence-corrected chi connectivity index (χ1v) is 7.90. The number of β-lactam (4-membered cyclic amide) rings is 1.